The van der Waals surface area contributed by atoms with Crippen LogP contribution in [0.25, 0.3) is 0 Å². The molecule has 1 aliphatic rings. The third-order valence-electron chi connectivity index (χ3n) is 2.93. The molecule has 1 heterocycles. The first-order chi connectivity index (χ1) is 9.60. The summed E-state index contributed by atoms with van der Waals surface area (Å²) in [6.07, 6.45) is 0.517. The smallest absolute Gasteiger partial charge is 0.379 e. The van der Waals surface area contributed by atoms with Crippen LogP contribution in [0.4, 0.5) is 0 Å². The first-order valence-corrected chi connectivity index (χ1v) is 6.80. The van der Waals surface area contributed by atoms with Gasteiger partial charge in [-0.05, 0) is 19.4 Å². The molecule has 0 aliphatic carbocycles. The van der Waals surface area contributed by atoms with Crippen molar-refractivity contribution in [2.24, 2.45) is 0 Å². The van der Waals surface area contributed by atoms with Gasteiger partial charge in [0.1, 0.15) is 13.2 Å². The Labute approximate surface area is 121 Å². The van der Waals surface area contributed by atoms with Gasteiger partial charge in [-0.15, -0.1) is 0 Å². The van der Waals surface area contributed by atoms with Crippen LogP contribution in [0.2, 0.25) is 5.02 Å². The van der Waals surface area contributed by atoms with Crippen molar-refractivity contribution in [2.75, 3.05) is 19.8 Å². The van der Waals surface area contributed by atoms with Gasteiger partial charge < -0.3 is 14.2 Å². The molecule has 0 saturated carbocycles. The van der Waals surface area contributed by atoms with Crippen molar-refractivity contribution in [2.45, 2.75) is 20.3 Å². The van der Waals surface area contributed by atoms with Crippen molar-refractivity contribution in [3.8, 4) is 11.5 Å². The van der Waals surface area contributed by atoms with Gasteiger partial charge in [0.2, 0.25) is 0 Å². The lowest BCUT2D eigenvalue weighted by Crippen LogP contribution is -2.22. The second-order valence-electron chi connectivity index (χ2n) is 4.14. The van der Waals surface area contributed by atoms with Gasteiger partial charge >= 0.3 is 5.97 Å². The minimum Gasteiger partial charge on any atom is -0.486 e. The summed E-state index contributed by atoms with van der Waals surface area (Å²) in [7, 11) is 0. The van der Waals surface area contributed by atoms with E-state index in [1.165, 1.54) is 6.07 Å². The van der Waals surface area contributed by atoms with Crippen LogP contribution in [0, 0.1) is 0 Å². The van der Waals surface area contributed by atoms with Crippen molar-refractivity contribution in [1.29, 1.82) is 0 Å². The lowest BCUT2D eigenvalue weighted by atomic mass is 9.99. The normalized spacial score (nSPS) is 12.9. The topological polar surface area (TPSA) is 61.8 Å². The fraction of sp³-hybridized carbons (Fsp3) is 0.429. The van der Waals surface area contributed by atoms with E-state index in [0.717, 1.165) is 0 Å². The quantitative estimate of drug-likeness (QED) is 0.485. The molecular weight excluding hydrogens is 284 g/mol. The van der Waals surface area contributed by atoms with E-state index in [4.69, 9.17) is 25.8 Å². The summed E-state index contributed by atoms with van der Waals surface area (Å²) in [5, 5.41) is 0.254. The molecule has 20 heavy (non-hydrogen) atoms. The molecule has 0 N–H and O–H groups in total. The predicted molar refractivity (Wildman–Crippen MR) is 72.8 cm³/mol. The number of benzene rings is 1. The summed E-state index contributed by atoms with van der Waals surface area (Å²) in [6, 6.07) is 1.44. The number of carbonyl (C=O) groups is 2. The molecule has 0 fully saturated rings. The Bertz CT molecular complexity index is 553. The van der Waals surface area contributed by atoms with Gasteiger partial charge in [0, 0.05) is 11.1 Å². The molecule has 0 spiro atoms. The molecule has 0 bridgehead atoms. The highest BCUT2D eigenvalue weighted by Crippen LogP contribution is 2.42. The minimum atomic E-state index is -0.894. The molecule has 1 aromatic rings. The number of ether oxygens (including phenoxy) is 3. The van der Waals surface area contributed by atoms with Crippen LogP contribution in [0.15, 0.2) is 6.07 Å². The third-order valence-corrected chi connectivity index (χ3v) is 3.21. The van der Waals surface area contributed by atoms with E-state index in [0.29, 0.717) is 36.7 Å². The van der Waals surface area contributed by atoms with Crippen LogP contribution in [-0.2, 0) is 16.0 Å². The van der Waals surface area contributed by atoms with E-state index < -0.39 is 11.8 Å². The fourth-order valence-electron chi connectivity index (χ4n) is 2.08. The average Bonchev–Trinajstić information content (AvgIpc) is 2.46. The van der Waals surface area contributed by atoms with Gasteiger partial charge in [-0.25, -0.2) is 4.79 Å². The number of fused-ring (bicyclic) bond motifs is 1. The Morgan fingerprint density at radius 2 is 1.90 bits per heavy atom. The van der Waals surface area contributed by atoms with Crippen LogP contribution >= 0.6 is 11.6 Å². The molecule has 1 aromatic carbocycles. The second kappa shape index (κ2) is 6.13. The molecule has 5 nitrogen and oxygen atoms in total. The van der Waals surface area contributed by atoms with E-state index in [2.05, 4.69) is 0 Å². The van der Waals surface area contributed by atoms with Crippen LogP contribution < -0.4 is 9.47 Å². The van der Waals surface area contributed by atoms with Gasteiger partial charge in [-0.1, -0.05) is 18.5 Å². The summed E-state index contributed by atoms with van der Waals surface area (Å²) < 4.78 is 15.7. The number of Topliss-reactive ketones (excluding diaryl/α,β-unsaturated/α-hetero) is 1. The maximum absolute atomic E-state index is 12.1. The predicted octanol–water partition coefficient (Wildman–Crippen LogP) is 2.42. The van der Waals surface area contributed by atoms with E-state index in [1.807, 2.05) is 6.92 Å². The zero-order chi connectivity index (χ0) is 14.7. The van der Waals surface area contributed by atoms with E-state index in [1.54, 1.807) is 6.92 Å². The number of hydrogen-bond donors (Lipinski definition) is 0. The zero-order valence-electron chi connectivity index (χ0n) is 11.3. The molecular formula is C14H15ClO5. The highest BCUT2D eigenvalue weighted by atomic mass is 35.5. The van der Waals surface area contributed by atoms with E-state index in [9.17, 15) is 9.59 Å². The summed E-state index contributed by atoms with van der Waals surface area (Å²) in [4.78, 5) is 23.7. The molecule has 0 atom stereocenters. The summed E-state index contributed by atoms with van der Waals surface area (Å²) in [5.74, 6) is -0.744. The molecule has 0 radical (unpaired) electrons. The Morgan fingerprint density at radius 3 is 2.50 bits per heavy atom. The maximum atomic E-state index is 12.1. The van der Waals surface area contributed by atoms with Crippen molar-refractivity contribution in [3.63, 3.8) is 0 Å². The number of rotatable bonds is 4. The largest absolute Gasteiger partial charge is 0.486 e. The summed E-state index contributed by atoms with van der Waals surface area (Å²) in [5.41, 5.74) is 0.822. The third kappa shape index (κ3) is 2.58. The molecule has 1 aliphatic heterocycles. The van der Waals surface area contributed by atoms with Gasteiger partial charge in [0.25, 0.3) is 5.78 Å². The maximum Gasteiger partial charge on any atom is 0.379 e. The van der Waals surface area contributed by atoms with Crippen LogP contribution in [0.3, 0.4) is 0 Å². The first kappa shape index (κ1) is 14.7. The summed E-state index contributed by atoms with van der Waals surface area (Å²) >= 11 is 6.09. The van der Waals surface area contributed by atoms with Crippen molar-refractivity contribution >= 4 is 23.4 Å². The molecule has 0 aromatic heterocycles. The number of halogens is 1. The Hall–Kier alpha value is -1.75. The van der Waals surface area contributed by atoms with Crippen LogP contribution in [0.5, 0.6) is 11.5 Å². The van der Waals surface area contributed by atoms with Gasteiger partial charge in [-0.2, -0.15) is 0 Å². The highest BCUT2D eigenvalue weighted by molar-refractivity contribution is 6.42. The first-order valence-electron chi connectivity index (χ1n) is 6.42. The highest BCUT2D eigenvalue weighted by Gasteiger charge is 2.28. The number of hydrogen-bond acceptors (Lipinski definition) is 5. The number of esters is 1. The second-order valence-corrected chi connectivity index (χ2v) is 4.55. The molecule has 0 amide bonds. The van der Waals surface area contributed by atoms with Crippen LogP contribution in [-0.4, -0.2) is 31.6 Å². The molecule has 6 heteroatoms. The van der Waals surface area contributed by atoms with E-state index >= 15 is 0 Å². The standard InChI is InChI=1S/C14H15ClO5/c1-3-8-9(11(16)14(17)18-4-2)7-10(15)13-12(8)19-5-6-20-13/h7H,3-6H2,1-2H3. The number of carbonyl (C=O) groups excluding carboxylic acids is 2. The van der Waals surface area contributed by atoms with E-state index in [-0.39, 0.29) is 17.2 Å². The fourth-order valence-corrected chi connectivity index (χ4v) is 2.33. The molecule has 0 unspecified atom stereocenters. The Morgan fingerprint density at radius 1 is 1.25 bits per heavy atom. The molecule has 0 saturated heterocycles. The average molecular weight is 299 g/mol. The minimum absolute atomic E-state index is 0.143. The lowest BCUT2D eigenvalue weighted by molar-refractivity contribution is -0.137. The van der Waals surface area contributed by atoms with Gasteiger partial charge in [0.05, 0.1) is 11.6 Å². The monoisotopic (exact) mass is 298 g/mol. The Kier molecular flexibility index (Phi) is 4.49. The van der Waals surface area contributed by atoms with Crippen molar-refractivity contribution in [3.05, 3.63) is 22.2 Å². The zero-order valence-corrected chi connectivity index (χ0v) is 12.1. The Balaban J connectivity index is 2.51. The SMILES string of the molecule is CCOC(=O)C(=O)c1cc(Cl)c2c(c1CC)OCCO2. The van der Waals surface area contributed by atoms with Crippen LogP contribution in [0.1, 0.15) is 29.8 Å². The lowest BCUT2D eigenvalue weighted by Gasteiger charge is -2.23. The van der Waals surface area contributed by atoms with Gasteiger partial charge in [0.15, 0.2) is 11.5 Å². The molecule has 108 valence electrons. The molecule has 2 rings (SSSR count). The van der Waals surface area contributed by atoms with Gasteiger partial charge in [-0.3, -0.25) is 4.79 Å². The van der Waals surface area contributed by atoms with Crippen molar-refractivity contribution in [1.82, 2.24) is 0 Å². The van der Waals surface area contributed by atoms with Crippen molar-refractivity contribution < 1.29 is 23.8 Å². The number of ketones is 1. The summed E-state index contributed by atoms with van der Waals surface area (Å²) in [6.45, 7) is 4.44.